The van der Waals surface area contributed by atoms with Gasteiger partial charge in [-0.25, -0.2) is 8.42 Å². The van der Waals surface area contributed by atoms with Crippen LogP contribution in [0.25, 0.3) is 0 Å². The van der Waals surface area contributed by atoms with Crippen molar-refractivity contribution < 1.29 is 18.0 Å². The summed E-state index contributed by atoms with van der Waals surface area (Å²) in [5, 5.41) is 6.00. The molecule has 1 aliphatic heterocycles. The highest BCUT2D eigenvalue weighted by atomic mass is 35.5. The van der Waals surface area contributed by atoms with E-state index in [0.29, 0.717) is 30.0 Å². The fraction of sp³-hybridized carbons (Fsp3) is 0.467. The summed E-state index contributed by atoms with van der Waals surface area (Å²) in [6.45, 7) is 0.373. The molecule has 2 rings (SSSR count). The Kier molecular flexibility index (Phi) is 6.01. The largest absolute Gasteiger partial charge is 0.352 e. The number of nitrogens with one attached hydrogen (secondary N) is 2. The maximum atomic E-state index is 11.8. The topological polar surface area (TPSA) is 92.3 Å². The van der Waals surface area contributed by atoms with Gasteiger partial charge in [-0.15, -0.1) is 0 Å². The first-order valence-corrected chi connectivity index (χ1v) is 9.59. The molecule has 126 valence electrons. The molecule has 0 unspecified atom stereocenters. The van der Waals surface area contributed by atoms with E-state index in [9.17, 15) is 18.0 Å². The molecule has 1 heterocycles. The highest BCUT2D eigenvalue weighted by molar-refractivity contribution is 7.91. The van der Waals surface area contributed by atoms with Gasteiger partial charge in [0.05, 0.1) is 11.5 Å². The lowest BCUT2D eigenvalue weighted by Crippen LogP contribution is -2.36. The minimum atomic E-state index is -2.99. The fourth-order valence-electron chi connectivity index (χ4n) is 2.36. The van der Waals surface area contributed by atoms with Gasteiger partial charge in [-0.1, -0.05) is 11.6 Å². The van der Waals surface area contributed by atoms with Crippen LogP contribution in [-0.2, 0) is 14.6 Å². The van der Waals surface area contributed by atoms with Gasteiger partial charge in [0.2, 0.25) is 5.91 Å². The molecule has 2 N–H and O–H groups in total. The van der Waals surface area contributed by atoms with Crippen molar-refractivity contribution in [3.63, 3.8) is 0 Å². The molecule has 23 heavy (non-hydrogen) atoms. The Balaban J connectivity index is 1.64. The molecule has 1 fully saturated rings. The summed E-state index contributed by atoms with van der Waals surface area (Å²) in [5.41, 5.74) is 0.509. The average molecular weight is 359 g/mol. The molecule has 6 nitrogen and oxygen atoms in total. The third kappa shape index (κ3) is 5.84. The Labute approximate surface area is 140 Å². The predicted molar refractivity (Wildman–Crippen MR) is 88.2 cm³/mol. The fourth-order valence-corrected chi connectivity index (χ4v) is 4.16. The van der Waals surface area contributed by atoms with Gasteiger partial charge in [-0.05, 0) is 37.1 Å². The third-order valence-electron chi connectivity index (χ3n) is 3.57. The van der Waals surface area contributed by atoms with Crippen LogP contribution in [0.5, 0.6) is 0 Å². The molecule has 1 saturated heterocycles. The number of hydrogen-bond acceptors (Lipinski definition) is 4. The minimum Gasteiger partial charge on any atom is -0.352 e. The number of hydrogen-bond donors (Lipinski definition) is 2. The van der Waals surface area contributed by atoms with Crippen LogP contribution in [0.2, 0.25) is 5.02 Å². The first-order valence-electron chi connectivity index (χ1n) is 7.39. The van der Waals surface area contributed by atoms with Crippen LogP contribution >= 0.6 is 11.6 Å². The zero-order valence-electron chi connectivity index (χ0n) is 12.5. The summed E-state index contributed by atoms with van der Waals surface area (Å²) in [6.07, 6.45) is 1.21. The number of halogens is 1. The van der Waals surface area contributed by atoms with Crippen LogP contribution in [-0.4, -0.2) is 44.3 Å². The summed E-state index contributed by atoms with van der Waals surface area (Å²) in [5.74, 6) is -0.252. The number of benzene rings is 1. The zero-order chi connectivity index (χ0) is 16.9. The van der Waals surface area contributed by atoms with Crippen LogP contribution in [0.3, 0.4) is 0 Å². The van der Waals surface area contributed by atoms with Crippen molar-refractivity contribution in [2.45, 2.75) is 25.3 Å². The number of sulfone groups is 1. The minimum absolute atomic E-state index is 0.0199. The Morgan fingerprint density at radius 1 is 1.22 bits per heavy atom. The van der Waals surface area contributed by atoms with Crippen LogP contribution in [0.1, 0.15) is 29.6 Å². The maximum absolute atomic E-state index is 11.8. The molecule has 1 aromatic rings. The summed E-state index contributed by atoms with van der Waals surface area (Å²) in [4.78, 5) is 23.6. The van der Waals surface area contributed by atoms with E-state index in [2.05, 4.69) is 10.6 Å². The Morgan fingerprint density at radius 3 is 2.52 bits per heavy atom. The van der Waals surface area contributed by atoms with Crippen LogP contribution in [0, 0.1) is 0 Å². The van der Waals surface area contributed by atoms with E-state index in [1.807, 2.05) is 0 Å². The predicted octanol–water partition coefficient (Wildman–Crippen LogP) is 1.15. The summed E-state index contributed by atoms with van der Waals surface area (Å²) < 4.78 is 22.6. The monoisotopic (exact) mass is 358 g/mol. The van der Waals surface area contributed by atoms with Crippen molar-refractivity contribution in [3.05, 3.63) is 34.9 Å². The second-order valence-electron chi connectivity index (χ2n) is 5.53. The molecule has 2 amide bonds. The Bertz CT molecular complexity index is 673. The summed E-state index contributed by atoms with van der Waals surface area (Å²) in [6, 6.07) is 6.26. The van der Waals surface area contributed by atoms with Gasteiger partial charge >= 0.3 is 0 Å². The van der Waals surface area contributed by atoms with Crippen molar-refractivity contribution in [2.75, 3.05) is 18.1 Å². The smallest absolute Gasteiger partial charge is 0.251 e. The van der Waals surface area contributed by atoms with E-state index in [0.717, 1.165) is 0 Å². The Hall–Kier alpha value is -1.60. The first kappa shape index (κ1) is 17.7. The van der Waals surface area contributed by atoms with Gasteiger partial charge in [0, 0.05) is 29.6 Å². The average Bonchev–Trinajstić information content (AvgIpc) is 2.83. The molecule has 1 aromatic carbocycles. The standard InChI is InChI=1S/C15H19ClN2O4S/c16-12-5-3-11(4-6-12)15(20)17-8-1-2-14(19)18-13-7-9-23(21,22)10-13/h3-6,13H,1-2,7-10H2,(H,17,20)(H,18,19)/t13-/m1/s1. The quantitative estimate of drug-likeness (QED) is 0.746. The molecule has 0 saturated carbocycles. The van der Waals surface area contributed by atoms with Gasteiger partial charge in [-0.3, -0.25) is 9.59 Å². The molecule has 0 aliphatic carbocycles. The maximum Gasteiger partial charge on any atom is 0.251 e. The summed E-state index contributed by atoms with van der Waals surface area (Å²) >= 11 is 5.75. The molecular formula is C15H19ClN2O4S. The molecular weight excluding hydrogens is 340 g/mol. The van der Waals surface area contributed by atoms with E-state index >= 15 is 0 Å². The number of rotatable bonds is 6. The van der Waals surface area contributed by atoms with E-state index in [1.165, 1.54) is 0 Å². The van der Waals surface area contributed by atoms with Crippen molar-refractivity contribution in [1.29, 1.82) is 0 Å². The van der Waals surface area contributed by atoms with Crippen molar-refractivity contribution in [2.24, 2.45) is 0 Å². The SMILES string of the molecule is O=C(CCCNC(=O)c1ccc(Cl)cc1)N[C@@H]1CCS(=O)(=O)C1. The molecule has 8 heteroatoms. The van der Waals surface area contributed by atoms with Crippen LogP contribution in [0.4, 0.5) is 0 Å². The van der Waals surface area contributed by atoms with Gasteiger partial charge in [0.25, 0.3) is 5.91 Å². The van der Waals surface area contributed by atoms with Crippen LogP contribution < -0.4 is 10.6 Å². The molecule has 1 aliphatic rings. The lowest BCUT2D eigenvalue weighted by molar-refractivity contribution is -0.121. The van der Waals surface area contributed by atoms with Gasteiger partial charge in [-0.2, -0.15) is 0 Å². The van der Waals surface area contributed by atoms with Crippen LogP contribution in [0.15, 0.2) is 24.3 Å². The van der Waals surface area contributed by atoms with E-state index in [4.69, 9.17) is 11.6 Å². The highest BCUT2D eigenvalue weighted by Gasteiger charge is 2.28. The van der Waals surface area contributed by atoms with E-state index in [1.54, 1.807) is 24.3 Å². The van der Waals surface area contributed by atoms with Crippen molar-refractivity contribution in [1.82, 2.24) is 10.6 Å². The summed E-state index contributed by atoms with van der Waals surface area (Å²) in [7, 11) is -2.99. The number of carbonyl (C=O) groups is 2. The van der Waals surface area contributed by atoms with Crippen molar-refractivity contribution in [3.8, 4) is 0 Å². The molecule has 0 aromatic heterocycles. The van der Waals surface area contributed by atoms with Gasteiger partial charge < -0.3 is 10.6 Å². The third-order valence-corrected chi connectivity index (χ3v) is 5.59. The Morgan fingerprint density at radius 2 is 1.91 bits per heavy atom. The molecule has 0 bridgehead atoms. The lowest BCUT2D eigenvalue weighted by atomic mass is 10.2. The second kappa shape index (κ2) is 7.79. The number of amides is 2. The molecule has 1 atom stereocenters. The lowest BCUT2D eigenvalue weighted by Gasteiger charge is -2.11. The second-order valence-corrected chi connectivity index (χ2v) is 8.20. The van der Waals surface area contributed by atoms with Crippen molar-refractivity contribution >= 4 is 33.3 Å². The number of carbonyl (C=O) groups excluding carboxylic acids is 2. The van der Waals surface area contributed by atoms with Gasteiger partial charge in [0.15, 0.2) is 9.84 Å². The first-order chi connectivity index (χ1) is 10.9. The van der Waals surface area contributed by atoms with E-state index in [-0.39, 0.29) is 35.8 Å². The van der Waals surface area contributed by atoms with Gasteiger partial charge in [0.1, 0.15) is 0 Å². The molecule has 0 radical (unpaired) electrons. The normalized spacial score (nSPS) is 19.3. The van der Waals surface area contributed by atoms with E-state index < -0.39 is 9.84 Å². The highest BCUT2D eigenvalue weighted by Crippen LogP contribution is 2.11. The zero-order valence-corrected chi connectivity index (χ0v) is 14.1. The molecule has 0 spiro atoms.